The molecule has 5 aromatic heterocycles. The third kappa shape index (κ3) is 19.2. The molecule has 9 heterocycles. The Bertz CT molecular complexity index is 3190. The number of fused-ring (bicyclic) bond motifs is 5. The van der Waals surface area contributed by atoms with Crippen molar-refractivity contribution in [1.82, 2.24) is 45.3 Å². The number of halogens is 4. The van der Waals surface area contributed by atoms with Gasteiger partial charge in [-0.05, 0) is 138 Å². The predicted octanol–water partition coefficient (Wildman–Crippen LogP) is 10.2. The quantitative estimate of drug-likeness (QED) is 0.0898. The number of furan rings is 1. The minimum absolute atomic E-state index is 0. The summed E-state index contributed by atoms with van der Waals surface area (Å²) in [5.74, 6) is 3.40. The number of hydrogen-bond donors (Lipinski definition) is 6. The van der Waals surface area contributed by atoms with Crippen molar-refractivity contribution in [3.05, 3.63) is 132 Å². The van der Waals surface area contributed by atoms with E-state index in [9.17, 15) is 24.0 Å². The Kier molecular flexibility index (Phi) is 22.6. The molecule has 0 fully saturated rings. The van der Waals surface area contributed by atoms with Gasteiger partial charge in [-0.3, -0.25) is 14.4 Å². The van der Waals surface area contributed by atoms with Crippen molar-refractivity contribution in [2.24, 2.45) is 0 Å². The predicted molar refractivity (Wildman–Crippen MR) is 325 cm³/mol. The van der Waals surface area contributed by atoms with E-state index in [-0.39, 0.29) is 42.3 Å². The number of rotatable bonds is 4. The van der Waals surface area contributed by atoms with Crippen LogP contribution in [-0.4, -0.2) is 122 Å². The Hall–Kier alpha value is -6.70. The molecule has 25 heteroatoms. The van der Waals surface area contributed by atoms with E-state index >= 15 is 0 Å². The van der Waals surface area contributed by atoms with Crippen LogP contribution in [-0.2, 0) is 56.6 Å². The molecule has 0 saturated carbocycles. The highest BCUT2D eigenvalue weighted by Gasteiger charge is 2.27. The Labute approximate surface area is 502 Å². The summed E-state index contributed by atoms with van der Waals surface area (Å²) in [6.07, 6.45) is 9.41. The zero-order chi connectivity index (χ0) is 57.7. The van der Waals surface area contributed by atoms with Crippen LogP contribution in [0.4, 0.5) is 32.9 Å². The van der Waals surface area contributed by atoms with Gasteiger partial charge in [0.2, 0.25) is 17.7 Å². The van der Waals surface area contributed by atoms with Gasteiger partial charge in [0.05, 0.1) is 32.7 Å². The smallest absolute Gasteiger partial charge is 0.410 e. The summed E-state index contributed by atoms with van der Waals surface area (Å²) < 4.78 is 19.6. The minimum Gasteiger partial charge on any atom is -0.459 e. The molecule has 21 nitrogen and oxygen atoms in total. The minimum atomic E-state index is -0.560. The van der Waals surface area contributed by atoms with Crippen molar-refractivity contribution in [3.8, 4) is 0 Å². The lowest BCUT2D eigenvalue weighted by atomic mass is 10.1. The molecule has 5 amide bonds. The number of hydrogen-bond acceptors (Lipinski definition) is 16. The van der Waals surface area contributed by atoms with Gasteiger partial charge in [0.15, 0.2) is 0 Å². The van der Waals surface area contributed by atoms with Gasteiger partial charge in [-0.15, -0.1) is 12.4 Å². The highest BCUT2D eigenvalue weighted by atomic mass is 79.9. The summed E-state index contributed by atoms with van der Waals surface area (Å²) in [4.78, 5) is 81.6. The number of ether oxygens (including phenoxy) is 2. The zero-order valence-electron chi connectivity index (χ0n) is 46.3. The van der Waals surface area contributed by atoms with Crippen molar-refractivity contribution in [1.29, 1.82) is 0 Å². The fraction of sp³-hybridized carbons (Fsp3) is 0.375. The van der Waals surface area contributed by atoms with Crippen LogP contribution in [0.2, 0.25) is 0 Å². The molecule has 6 aromatic rings. The second-order valence-corrected chi connectivity index (χ2v) is 23.6. The molecule has 6 N–H and O–H groups in total. The lowest BCUT2D eigenvalue weighted by Crippen LogP contribution is -2.37. The van der Waals surface area contributed by atoms with Gasteiger partial charge in [0.25, 0.3) is 0 Å². The van der Waals surface area contributed by atoms with E-state index in [4.69, 9.17) is 13.9 Å². The van der Waals surface area contributed by atoms with Gasteiger partial charge in [-0.1, -0.05) is 18.2 Å². The maximum atomic E-state index is 12.8. The van der Waals surface area contributed by atoms with Gasteiger partial charge >= 0.3 is 12.2 Å². The monoisotopic (exact) mass is 1320 g/mol. The number of aromatic nitrogens is 4. The topological polar surface area (TPSA) is 250 Å². The van der Waals surface area contributed by atoms with Crippen molar-refractivity contribution < 1.29 is 37.9 Å². The second-order valence-electron chi connectivity index (χ2n) is 20.9. The van der Waals surface area contributed by atoms with Crippen molar-refractivity contribution in [2.45, 2.75) is 92.4 Å². The first-order chi connectivity index (χ1) is 38.0. The van der Waals surface area contributed by atoms with Crippen LogP contribution >= 0.6 is 60.2 Å². The highest BCUT2D eigenvalue weighted by Crippen LogP contribution is 2.28. The molecule has 4 aliphatic rings. The van der Waals surface area contributed by atoms with E-state index in [0.717, 1.165) is 75.2 Å². The summed E-state index contributed by atoms with van der Waals surface area (Å²) in [7, 11) is 1.75. The van der Waals surface area contributed by atoms with E-state index in [2.05, 4.69) is 99.6 Å². The number of carbonyl (C=O) groups excluding carboxylic acids is 5. The number of para-hydroxylation sites is 1. The molecule has 0 spiro atoms. The summed E-state index contributed by atoms with van der Waals surface area (Å²) in [5, 5.41) is 19.0. The molecule has 0 unspecified atom stereocenters. The molecule has 432 valence electrons. The van der Waals surface area contributed by atoms with E-state index in [0.29, 0.717) is 83.6 Å². The van der Waals surface area contributed by atoms with Crippen LogP contribution < -0.4 is 31.9 Å². The molecular weight excluding hydrogens is 1260 g/mol. The zero-order valence-corrected chi connectivity index (χ0v) is 51.9. The van der Waals surface area contributed by atoms with E-state index < -0.39 is 11.2 Å². The molecule has 0 radical (unpaired) electrons. The van der Waals surface area contributed by atoms with E-state index in [1.807, 2.05) is 97.0 Å². The summed E-state index contributed by atoms with van der Waals surface area (Å²) in [5.41, 5.74) is 5.46. The molecule has 4 aliphatic heterocycles. The third-order valence-corrected chi connectivity index (χ3v) is 13.3. The van der Waals surface area contributed by atoms with Crippen molar-refractivity contribution in [2.75, 3.05) is 67.6 Å². The molecule has 0 atom stereocenters. The molecule has 81 heavy (non-hydrogen) atoms. The first kappa shape index (κ1) is 63.5. The number of anilines is 4. The third-order valence-electron chi connectivity index (χ3n) is 12.0. The maximum absolute atomic E-state index is 12.8. The van der Waals surface area contributed by atoms with Crippen molar-refractivity contribution >= 4 is 130 Å². The Balaban J connectivity index is 0.000000192. The standard InChI is InChI=1S/C27H32N4O4.C13H18BrN3O2.2C8H8BrN3O.ClH/c1-18-21-8-6-7-9-22(21)34-23(18)17-30(5)24(32)11-10-19-14-20-16-31(26(33)35-27(2,3)4)13-12-28-25(20)29-15-19;1-13(2,3)19-12(18)17-5-4-15-11-9(8-17)6-10(14)7-16-11;2*9-6-1-5-2-10-4-7(13)12-8(5)11-3-6;/h6-11,14-15H,12-13,16-17H2,1-5H3,(H,28,29);6-7H,4-5,8H2,1-3H3,(H,15,16);2*1,3,10H,2,4H2,(H,11,12,13);1H/b11-10+;;;;. The lowest BCUT2D eigenvalue weighted by Gasteiger charge is -2.26. The van der Waals surface area contributed by atoms with Crippen LogP contribution in [0, 0.1) is 6.92 Å². The molecule has 0 bridgehead atoms. The van der Waals surface area contributed by atoms with Crippen molar-refractivity contribution in [3.63, 3.8) is 0 Å². The first-order valence-electron chi connectivity index (χ1n) is 25.7. The Morgan fingerprint density at radius 3 is 1.62 bits per heavy atom. The maximum Gasteiger partial charge on any atom is 0.410 e. The average molecular weight is 1330 g/mol. The van der Waals surface area contributed by atoms with Crippen LogP contribution in [0.3, 0.4) is 0 Å². The number of pyridine rings is 4. The van der Waals surface area contributed by atoms with Crippen LogP contribution in [0.5, 0.6) is 0 Å². The van der Waals surface area contributed by atoms with Gasteiger partial charge in [0, 0.05) is 124 Å². The molecule has 0 saturated heterocycles. The normalized spacial score (nSPS) is 14.7. The molecule has 0 aliphatic carbocycles. The summed E-state index contributed by atoms with van der Waals surface area (Å²) >= 11 is 10.1. The van der Waals surface area contributed by atoms with E-state index in [1.165, 1.54) is 6.08 Å². The largest absolute Gasteiger partial charge is 0.459 e. The number of nitrogens with zero attached hydrogens (tertiary/aromatic N) is 7. The van der Waals surface area contributed by atoms with Gasteiger partial charge in [0.1, 0.15) is 45.8 Å². The highest BCUT2D eigenvalue weighted by molar-refractivity contribution is 9.11. The number of likely N-dealkylation sites (N-methyl/N-ethyl adjacent to an activating group) is 1. The Morgan fingerprint density at radius 1 is 0.667 bits per heavy atom. The first-order valence-corrected chi connectivity index (χ1v) is 28.1. The van der Waals surface area contributed by atoms with Crippen LogP contribution in [0.15, 0.2) is 97.2 Å². The summed E-state index contributed by atoms with van der Waals surface area (Å²) in [6.45, 7) is 18.8. The van der Waals surface area contributed by atoms with Crippen LogP contribution in [0.25, 0.3) is 17.0 Å². The van der Waals surface area contributed by atoms with Gasteiger partial charge in [-0.25, -0.2) is 29.5 Å². The number of carbonyl (C=O) groups is 5. The van der Waals surface area contributed by atoms with Gasteiger partial charge < -0.3 is 60.5 Å². The van der Waals surface area contributed by atoms with E-state index in [1.54, 1.807) is 52.6 Å². The Morgan fingerprint density at radius 2 is 1.12 bits per heavy atom. The average Bonchev–Trinajstić information content (AvgIpc) is 3.76. The number of amides is 5. The van der Waals surface area contributed by atoms with Gasteiger partial charge in [-0.2, -0.15) is 0 Å². The number of aryl methyl sites for hydroxylation is 1. The fourth-order valence-electron chi connectivity index (χ4n) is 8.21. The SMILES string of the molecule is CC(C)(C)OC(=O)N1CCNc2ncc(Br)cc2C1.Cc1c(CN(C)C(=O)/C=C/c2cnc3c(c2)CN(C(=O)OC(C)(C)C)CCN3)oc2ccccc12.Cl.O=C1CNCc2cc(Br)cnc2N1.O=C1CNCc2cc(Br)cnc2N1. The molecular formula is C56H67Br3ClN13O8. The lowest BCUT2D eigenvalue weighted by molar-refractivity contribution is -0.125. The second kappa shape index (κ2) is 28.8. The summed E-state index contributed by atoms with van der Waals surface area (Å²) in [6, 6.07) is 15.7. The number of benzene rings is 1. The number of nitrogens with one attached hydrogen (secondary N) is 6. The molecule has 1 aromatic carbocycles. The fourth-order valence-corrected chi connectivity index (χ4v) is 9.34. The molecule has 10 rings (SSSR count). The van der Waals surface area contributed by atoms with Crippen LogP contribution in [0.1, 0.15) is 80.7 Å².